The van der Waals surface area contributed by atoms with Crippen molar-refractivity contribution in [3.8, 4) is 0 Å². The number of hydrogen-bond acceptors (Lipinski definition) is 7. The normalized spacial score (nSPS) is 16.8. The molecule has 1 aliphatic heterocycles. The Morgan fingerprint density at radius 3 is 2.66 bits per heavy atom. The van der Waals surface area contributed by atoms with Gasteiger partial charge in [0.2, 0.25) is 5.91 Å². The van der Waals surface area contributed by atoms with Crippen molar-refractivity contribution >= 4 is 40.8 Å². The number of thiophene rings is 1. The van der Waals surface area contributed by atoms with Gasteiger partial charge in [-0.2, -0.15) is 0 Å². The van der Waals surface area contributed by atoms with Crippen molar-refractivity contribution in [2.24, 2.45) is 5.73 Å². The summed E-state index contributed by atoms with van der Waals surface area (Å²) in [4.78, 5) is 41.8. The van der Waals surface area contributed by atoms with E-state index in [0.29, 0.717) is 10.8 Å². The second kappa shape index (κ2) is 10.2. The lowest BCUT2D eigenvalue weighted by molar-refractivity contribution is -0.140. The molecule has 1 unspecified atom stereocenters. The van der Waals surface area contributed by atoms with Gasteiger partial charge in [0, 0.05) is 15.5 Å². The van der Waals surface area contributed by atoms with Gasteiger partial charge in [-0.05, 0) is 33.3 Å². The van der Waals surface area contributed by atoms with Crippen molar-refractivity contribution in [2.45, 2.75) is 51.6 Å². The second-order valence-electron chi connectivity index (χ2n) is 7.46. The molecule has 0 saturated carbocycles. The number of nitrogens with two attached hydrogens (primary N) is 1. The number of hydroxylamine groups is 1. The number of hydrogen-bond donors (Lipinski definition) is 3. The van der Waals surface area contributed by atoms with Crippen molar-refractivity contribution in [1.82, 2.24) is 10.8 Å². The van der Waals surface area contributed by atoms with Crippen LogP contribution in [-0.2, 0) is 25.8 Å². The fraction of sp³-hybridized carbons (Fsp3) is 0.526. The third-order valence-electron chi connectivity index (χ3n) is 4.04. The van der Waals surface area contributed by atoms with Gasteiger partial charge in [-0.25, -0.2) is 5.48 Å². The van der Waals surface area contributed by atoms with Crippen molar-refractivity contribution in [1.29, 1.82) is 0 Å². The smallest absolute Gasteiger partial charge is 0.281 e. The van der Waals surface area contributed by atoms with Crippen LogP contribution in [0.3, 0.4) is 0 Å². The highest BCUT2D eigenvalue weighted by molar-refractivity contribution is 8.04. The molecule has 1 atom stereocenters. The fourth-order valence-corrected chi connectivity index (χ4v) is 4.53. The zero-order chi connectivity index (χ0) is 21.6. The largest absolute Gasteiger partial charge is 0.368 e. The third kappa shape index (κ3) is 7.46. The van der Waals surface area contributed by atoms with Crippen molar-refractivity contribution in [3.05, 3.63) is 32.4 Å². The molecule has 2 rings (SSSR count). The van der Waals surface area contributed by atoms with Crippen LogP contribution in [0, 0.1) is 0 Å². The van der Waals surface area contributed by atoms with Crippen LogP contribution in [0.5, 0.6) is 0 Å². The lowest BCUT2D eigenvalue weighted by Gasteiger charge is -2.24. The molecule has 160 valence electrons. The van der Waals surface area contributed by atoms with Gasteiger partial charge in [0.05, 0.1) is 29.2 Å². The van der Waals surface area contributed by atoms with Gasteiger partial charge in [-0.3, -0.25) is 19.2 Å². The molecule has 0 radical (unpaired) electrons. The summed E-state index contributed by atoms with van der Waals surface area (Å²) in [7, 11) is 0. The molecule has 0 spiro atoms. The predicted molar refractivity (Wildman–Crippen MR) is 113 cm³/mol. The molecular formula is C19H27N3O5S2. The highest BCUT2D eigenvalue weighted by Gasteiger charge is 2.25. The SMILES string of the molecule is CC1=C(C(=O)NOCC(C)(C)OCc2cc(C(=O)NCC(N)=O)cs2)SC(C)C1. The number of carbonyl (C=O) groups is 3. The summed E-state index contributed by atoms with van der Waals surface area (Å²) in [6, 6.07) is 1.70. The van der Waals surface area contributed by atoms with E-state index in [4.69, 9.17) is 15.3 Å². The molecule has 0 bridgehead atoms. The van der Waals surface area contributed by atoms with Crippen LogP contribution in [0.2, 0.25) is 0 Å². The van der Waals surface area contributed by atoms with Gasteiger partial charge < -0.3 is 15.8 Å². The van der Waals surface area contributed by atoms with E-state index >= 15 is 0 Å². The molecule has 3 amide bonds. The van der Waals surface area contributed by atoms with Crippen LogP contribution < -0.4 is 16.5 Å². The topological polar surface area (TPSA) is 120 Å². The maximum absolute atomic E-state index is 12.2. The molecule has 0 saturated heterocycles. The molecule has 0 aromatic carbocycles. The first-order valence-electron chi connectivity index (χ1n) is 9.14. The van der Waals surface area contributed by atoms with E-state index in [9.17, 15) is 14.4 Å². The van der Waals surface area contributed by atoms with Crippen LogP contribution >= 0.6 is 23.1 Å². The van der Waals surface area contributed by atoms with Gasteiger partial charge in [-0.15, -0.1) is 23.1 Å². The van der Waals surface area contributed by atoms with E-state index in [2.05, 4.69) is 17.7 Å². The zero-order valence-corrected chi connectivity index (χ0v) is 18.6. The number of allylic oxidation sites excluding steroid dienone is 1. The third-order valence-corrected chi connectivity index (χ3v) is 6.28. The summed E-state index contributed by atoms with van der Waals surface area (Å²) in [5.41, 5.74) is 8.38. The first kappa shape index (κ1) is 23.4. The average molecular weight is 442 g/mol. The van der Waals surface area contributed by atoms with E-state index in [1.165, 1.54) is 11.3 Å². The lowest BCUT2D eigenvalue weighted by Crippen LogP contribution is -2.36. The van der Waals surface area contributed by atoms with Crippen LogP contribution in [0.4, 0.5) is 0 Å². The Morgan fingerprint density at radius 1 is 1.31 bits per heavy atom. The Balaban J connectivity index is 1.75. The van der Waals surface area contributed by atoms with Gasteiger partial charge in [0.25, 0.3) is 11.8 Å². The van der Waals surface area contributed by atoms with Crippen molar-refractivity contribution in [2.75, 3.05) is 13.2 Å². The lowest BCUT2D eigenvalue weighted by atomic mass is 10.1. The Kier molecular flexibility index (Phi) is 8.26. The van der Waals surface area contributed by atoms with Crippen LogP contribution in [0.15, 0.2) is 21.9 Å². The Bertz CT molecular complexity index is 804. The summed E-state index contributed by atoms with van der Waals surface area (Å²) in [6.45, 7) is 8.00. The molecule has 8 nitrogen and oxygen atoms in total. The van der Waals surface area contributed by atoms with Crippen LogP contribution in [-0.4, -0.2) is 41.7 Å². The molecule has 1 aromatic heterocycles. The summed E-state index contributed by atoms with van der Waals surface area (Å²) in [5.74, 6) is -1.18. The van der Waals surface area contributed by atoms with Gasteiger partial charge in [0.1, 0.15) is 6.61 Å². The minimum atomic E-state index is -0.648. The molecule has 0 fully saturated rings. The first-order valence-corrected chi connectivity index (χ1v) is 10.9. The standard InChI is InChI=1S/C19H27N3O5S2/c1-11-5-12(2)29-16(11)18(25)22-27-10-19(3,4)26-8-14-6-13(9-28-14)17(24)21-7-15(20)23/h6,9,12H,5,7-8,10H2,1-4H3,(H2,20,23)(H,21,24)(H,22,25). The van der Waals surface area contributed by atoms with Gasteiger partial charge in [-0.1, -0.05) is 12.5 Å². The monoisotopic (exact) mass is 441 g/mol. The summed E-state index contributed by atoms with van der Waals surface area (Å²) in [6.07, 6.45) is 0.908. The van der Waals surface area contributed by atoms with E-state index in [-0.39, 0.29) is 31.6 Å². The van der Waals surface area contributed by atoms with E-state index in [1.54, 1.807) is 23.2 Å². The minimum Gasteiger partial charge on any atom is -0.368 e. The quantitative estimate of drug-likeness (QED) is 0.478. The number of carbonyl (C=O) groups excluding carboxylic acids is 3. The van der Waals surface area contributed by atoms with Crippen LogP contribution in [0.25, 0.3) is 0 Å². The Hall–Kier alpha value is -1.88. The van der Waals surface area contributed by atoms with Crippen molar-refractivity contribution in [3.63, 3.8) is 0 Å². The van der Waals surface area contributed by atoms with Gasteiger partial charge in [0.15, 0.2) is 0 Å². The average Bonchev–Trinajstić information content (AvgIpc) is 3.24. The van der Waals surface area contributed by atoms with E-state index in [0.717, 1.165) is 21.8 Å². The Labute approximate surface area is 178 Å². The number of amides is 3. The van der Waals surface area contributed by atoms with Crippen LogP contribution in [0.1, 0.15) is 49.4 Å². The molecule has 4 N–H and O–H groups in total. The summed E-state index contributed by atoms with van der Waals surface area (Å²) < 4.78 is 5.86. The molecule has 10 heteroatoms. The van der Waals surface area contributed by atoms with Crippen molar-refractivity contribution < 1.29 is 24.0 Å². The molecule has 2 heterocycles. The van der Waals surface area contributed by atoms with E-state index < -0.39 is 11.5 Å². The minimum absolute atomic E-state index is 0.169. The molecule has 0 aliphatic carbocycles. The number of ether oxygens (including phenoxy) is 1. The second-order valence-corrected chi connectivity index (χ2v) is 9.91. The zero-order valence-electron chi connectivity index (χ0n) is 17.0. The summed E-state index contributed by atoms with van der Waals surface area (Å²) in [5, 5.41) is 4.53. The Morgan fingerprint density at radius 2 is 2.03 bits per heavy atom. The number of primary amides is 1. The van der Waals surface area contributed by atoms with E-state index in [1.807, 2.05) is 20.8 Å². The maximum Gasteiger partial charge on any atom is 0.281 e. The first-order chi connectivity index (χ1) is 13.6. The number of rotatable bonds is 10. The number of nitrogens with one attached hydrogen (secondary N) is 2. The molecule has 1 aromatic rings. The number of thioether (sulfide) groups is 1. The van der Waals surface area contributed by atoms with Gasteiger partial charge >= 0.3 is 0 Å². The molecular weight excluding hydrogens is 414 g/mol. The highest BCUT2D eigenvalue weighted by atomic mass is 32.2. The maximum atomic E-state index is 12.2. The predicted octanol–water partition coefficient (Wildman–Crippen LogP) is 2.11. The fourth-order valence-electron chi connectivity index (χ4n) is 2.59. The highest BCUT2D eigenvalue weighted by Crippen LogP contribution is 2.37. The summed E-state index contributed by atoms with van der Waals surface area (Å²) >= 11 is 2.93. The molecule has 1 aliphatic rings. The molecule has 29 heavy (non-hydrogen) atoms.